The van der Waals surface area contributed by atoms with E-state index >= 15 is 0 Å². The quantitative estimate of drug-likeness (QED) is 0.473. The number of ether oxygens (including phenoxy) is 2. The number of hydrogen-bond acceptors (Lipinski definition) is 4. The number of benzene rings is 3. The van der Waals surface area contributed by atoms with E-state index in [1.54, 1.807) is 4.90 Å². The first-order valence-electron chi connectivity index (χ1n) is 10.8. The van der Waals surface area contributed by atoms with Crippen LogP contribution in [0.5, 0.6) is 5.75 Å². The van der Waals surface area contributed by atoms with Crippen LogP contribution in [0.3, 0.4) is 0 Å². The van der Waals surface area contributed by atoms with Crippen LogP contribution in [0, 0.1) is 0 Å². The van der Waals surface area contributed by atoms with Gasteiger partial charge in [0.25, 0.3) is 0 Å². The van der Waals surface area contributed by atoms with Crippen LogP contribution in [0.15, 0.2) is 72.8 Å². The summed E-state index contributed by atoms with van der Waals surface area (Å²) in [6.45, 7) is 6.01. The van der Waals surface area contributed by atoms with Gasteiger partial charge in [-0.25, -0.2) is 4.79 Å². The normalized spacial score (nSPS) is 12.9. The third-order valence-corrected chi connectivity index (χ3v) is 5.27. The molecule has 0 aliphatic carbocycles. The van der Waals surface area contributed by atoms with E-state index in [-0.39, 0.29) is 18.5 Å². The Morgan fingerprint density at radius 3 is 2.25 bits per heavy atom. The van der Waals surface area contributed by atoms with Crippen molar-refractivity contribution >= 4 is 17.6 Å². The lowest BCUT2D eigenvalue weighted by Gasteiger charge is -2.24. The number of carbonyl (C=O) groups excluding carboxylic acids is 2. The molecule has 0 aromatic heterocycles. The van der Waals surface area contributed by atoms with Crippen LogP contribution in [0.1, 0.15) is 36.7 Å². The molecule has 4 rings (SSSR count). The number of nitrogens with zero attached hydrogens (tertiary/aromatic N) is 1. The summed E-state index contributed by atoms with van der Waals surface area (Å²) in [5.41, 5.74) is 3.91. The lowest BCUT2D eigenvalue weighted by atomic mass is 10.0. The van der Waals surface area contributed by atoms with E-state index < -0.39 is 5.60 Å². The zero-order valence-electron chi connectivity index (χ0n) is 18.6. The number of anilines is 1. The second-order valence-electron chi connectivity index (χ2n) is 8.79. The Morgan fingerprint density at radius 1 is 0.875 bits per heavy atom. The van der Waals surface area contributed by atoms with Crippen LogP contribution in [-0.4, -0.2) is 30.6 Å². The average Bonchev–Trinajstić information content (AvgIpc) is 3.22. The van der Waals surface area contributed by atoms with Gasteiger partial charge in [-0.15, -0.1) is 0 Å². The molecule has 0 atom stereocenters. The molecule has 3 aromatic carbocycles. The number of ketones is 1. The molecule has 0 unspecified atom stereocenters. The Labute approximate surface area is 188 Å². The molecule has 5 heteroatoms. The molecule has 1 aliphatic rings. The summed E-state index contributed by atoms with van der Waals surface area (Å²) in [5, 5.41) is 0. The Kier molecular flexibility index (Phi) is 5.99. The highest BCUT2D eigenvalue weighted by Crippen LogP contribution is 2.36. The topological polar surface area (TPSA) is 55.8 Å². The van der Waals surface area contributed by atoms with Crippen molar-refractivity contribution in [2.75, 3.05) is 18.1 Å². The summed E-state index contributed by atoms with van der Waals surface area (Å²) in [4.78, 5) is 26.8. The van der Waals surface area contributed by atoms with Crippen LogP contribution in [0.25, 0.3) is 11.1 Å². The Hall–Kier alpha value is -3.60. The second kappa shape index (κ2) is 8.87. The molecular formula is C27H27NO4. The van der Waals surface area contributed by atoms with E-state index in [0.29, 0.717) is 24.3 Å². The molecule has 1 amide bonds. The van der Waals surface area contributed by atoms with E-state index in [1.807, 2.05) is 93.6 Å². The fourth-order valence-corrected chi connectivity index (χ4v) is 3.75. The van der Waals surface area contributed by atoms with Crippen LogP contribution in [-0.2, 0) is 11.2 Å². The molecule has 3 aromatic rings. The lowest BCUT2D eigenvalue weighted by molar-refractivity contribution is 0.0583. The summed E-state index contributed by atoms with van der Waals surface area (Å²) in [6, 6.07) is 23.1. The maximum atomic E-state index is 12.7. The largest absolute Gasteiger partial charge is 0.485 e. The minimum absolute atomic E-state index is 0.0619. The molecule has 32 heavy (non-hydrogen) atoms. The highest BCUT2D eigenvalue weighted by Gasteiger charge is 2.30. The van der Waals surface area contributed by atoms with E-state index in [1.165, 1.54) is 0 Å². The van der Waals surface area contributed by atoms with Crippen molar-refractivity contribution < 1.29 is 19.1 Å². The molecule has 1 heterocycles. The smallest absolute Gasteiger partial charge is 0.414 e. The Morgan fingerprint density at radius 2 is 1.56 bits per heavy atom. The number of carbonyl (C=O) groups is 2. The summed E-state index contributed by atoms with van der Waals surface area (Å²) >= 11 is 0. The van der Waals surface area contributed by atoms with E-state index in [0.717, 1.165) is 22.4 Å². The van der Waals surface area contributed by atoms with Gasteiger partial charge in [-0.2, -0.15) is 0 Å². The zero-order chi connectivity index (χ0) is 22.7. The first-order chi connectivity index (χ1) is 15.3. The van der Waals surface area contributed by atoms with E-state index in [9.17, 15) is 9.59 Å². The maximum Gasteiger partial charge on any atom is 0.414 e. The molecular weight excluding hydrogens is 402 g/mol. The van der Waals surface area contributed by atoms with Crippen molar-refractivity contribution in [1.29, 1.82) is 0 Å². The molecule has 0 radical (unpaired) electrons. The van der Waals surface area contributed by atoms with Gasteiger partial charge in [0, 0.05) is 17.7 Å². The van der Waals surface area contributed by atoms with Crippen LogP contribution >= 0.6 is 0 Å². The van der Waals surface area contributed by atoms with Gasteiger partial charge in [0.1, 0.15) is 11.4 Å². The molecule has 0 saturated heterocycles. The minimum Gasteiger partial charge on any atom is -0.485 e. The molecule has 164 valence electrons. The Balaban J connectivity index is 1.43. The van der Waals surface area contributed by atoms with E-state index in [4.69, 9.17) is 9.47 Å². The SMILES string of the molecule is CC(C)(C)OC(=O)N1CCc2c(OCC(=O)c3ccc(-c4ccccc4)cc3)cccc21. The van der Waals surface area contributed by atoms with Crippen molar-refractivity contribution in [2.45, 2.75) is 32.8 Å². The third-order valence-electron chi connectivity index (χ3n) is 5.27. The number of fused-ring (bicyclic) bond motifs is 1. The summed E-state index contributed by atoms with van der Waals surface area (Å²) < 4.78 is 11.4. The molecule has 5 nitrogen and oxygen atoms in total. The van der Waals surface area contributed by atoms with Crippen molar-refractivity contribution in [3.8, 4) is 16.9 Å². The van der Waals surface area contributed by atoms with Crippen LogP contribution in [0.4, 0.5) is 10.5 Å². The lowest BCUT2D eigenvalue weighted by Crippen LogP contribution is -2.35. The van der Waals surface area contributed by atoms with Gasteiger partial charge in [0.2, 0.25) is 0 Å². The highest BCUT2D eigenvalue weighted by molar-refractivity contribution is 5.97. The second-order valence-corrected chi connectivity index (χ2v) is 8.79. The number of hydrogen-bond donors (Lipinski definition) is 0. The maximum absolute atomic E-state index is 12.7. The Bertz CT molecular complexity index is 1110. The zero-order valence-corrected chi connectivity index (χ0v) is 18.6. The first kappa shape index (κ1) is 21.6. The molecule has 1 aliphatic heterocycles. The fourth-order valence-electron chi connectivity index (χ4n) is 3.75. The summed E-state index contributed by atoms with van der Waals surface area (Å²) in [5.74, 6) is 0.534. The van der Waals surface area contributed by atoms with Crippen molar-refractivity contribution in [2.24, 2.45) is 0 Å². The average molecular weight is 430 g/mol. The molecule has 0 spiro atoms. The van der Waals surface area contributed by atoms with Crippen molar-refractivity contribution in [1.82, 2.24) is 0 Å². The molecule has 0 N–H and O–H groups in total. The summed E-state index contributed by atoms with van der Waals surface area (Å²) in [6.07, 6.45) is 0.285. The molecule has 0 fully saturated rings. The van der Waals surface area contributed by atoms with Crippen LogP contribution < -0.4 is 9.64 Å². The fraction of sp³-hybridized carbons (Fsp3) is 0.259. The predicted octanol–water partition coefficient (Wildman–Crippen LogP) is 5.91. The predicted molar refractivity (Wildman–Crippen MR) is 125 cm³/mol. The van der Waals surface area contributed by atoms with Gasteiger partial charge >= 0.3 is 6.09 Å². The molecule has 0 bridgehead atoms. The standard InChI is InChI=1S/C27H27NO4/c1-27(2,3)32-26(30)28-17-16-22-23(28)10-7-11-25(22)31-18-24(29)21-14-12-20(13-15-21)19-8-5-4-6-9-19/h4-15H,16-18H2,1-3H3. The van der Waals surface area contributed by atoms with Crippen molar-refractivity contribution in [3.05, 3.63) is 83.9 Å². The number of Topliss-reactive ketones (excluding diaryl/α,β-unsaturated/α-hetero) is 1. The van der Waals surface area contributed by atoms with Gasteiger partial charge in [-0.3, -0.25) is 9.69 Å². The molecule has 0 saturated carbocycles. The number of amides is 1. The number of rotatable bonds is 5. The third kappa shape index (κ3) is 4.83. The summed E-state index contributed by atoms with van der Waals surface area (Å²) in [7, 11) is 0. The van der Waals surface area contributed by atoms with Gasteiger partial charge in [0.05, 0.1) is 5.69 Å². The monoisotopic (exact) mass is 429 g/mol. The van der Waals surface area contributed by atoms with Crippen molar-refractivity contribution in [3.63, 3.8) is 0 Å². The van der Waals surface area contributed by atoms with Gasteiger partial charge in [-0.1, -0.05) is 60.7 Å². The first-order valence-corrected chi connectivity index (χ1v) is 10.8. The van der Waals surface area contributed by atoms with Gasteiger partial charge in [0.15, 0.2) is 12.4 Å². The van der Waals surface area contributed by atoms with Crippen LogP contribution in [0.2, 0.25) is 0 Å². The minimum atomic E-state index is -0.559. The van der Waals surface area contributed by atoms with Gasteiger partial charge < -0.3 is 9.47 Å². The van der Waals surface area contributed by atoms with Gasteiger partial charge in [-0.05, 0) is 50.5 Å². The van der Waals surface area contributed by atoms with E-state index in [2.05, 4.69) is 0 Å². The highest BCUT2D eigenvalue weighted by atomic mass is 16.6.